The average Bonchev–Trinajstić information content (AvgIpc) is 2.41. The van der Waals surface area contributed by atoms with Crippen molar-refractivity contribution in [1.29, 1.82) is 0 Å². The fourth-order valence-corrected chi connectivity index (χ4v) is 1.65. The van der Waals surface area contributed by atoms with Crippen LogP contribution in [0.5, 0.6) is 0 Å². The second-order valence-corrected chi connectivity index (χ2v) is 4.07. The lowest BCUT2D eigenvalue weighted by Crippen LogP contribution is -2.26. The standard InChI is InChI=1S/C12H11ClN4O/c1-17(8-3-2-4-15-6-8)12(18)9-5-11(14)16-7-10(9)13/h2-7H,1H3,(H2,14,16). The Kier molecular flexibility index (Phi) is 3.43. The SMILES string of the molecule is CN(C(=O)c1cc(N)ncc1Cl)c1cccnc1. The number of nitrogens with zero attached hydrogens (tertiary/aromatic N) is 3. The maximum Gasteiger partial charge on any atom is 0.259 e. The number of nitrogens with two attached hydrogens (primary N) is 1. The van der Waals surface area contributed by atoms with Gasteiger partial charge in [0.05, 0.1) is 22.5 Å². The number of carbonyl (C=O) groups is 1. The lowest BCUT2D eigenvalue weighted by Gasteiger charge is -2.17. The number of hydrogen-bond donors (Lipinski definition) is 1. The van der Waals surface area contributed by atoms with E-state index in [4.69, 9.17) is 17.3 Å². The molecule has 2 aromatic rings. The zero-order chi connectivity index (χ0) is 13.1. The largest absolute Gasteiger partial charge is 0.384 e. The molecule has 0 saturated carbocycles. The molecule has 6 heteroatoms. The maximum absolute atomic E-state index is 12.2. The highest BCUT2D eigenvalue weighted by Gasteiger charge is 2.17. The van der Waals surface area contributed by atoms with E-state index in [-0.39, 0.29) is 16.7 Å². The first-order valence-corrected chi connectivity index (χ1v) is 5.56. The number of pyridine rings is 2. The molecule has 2 rings (SSSR count). The molecule has 0 aliphatic carbocycles. The number of rotatable bonds is 2. The molecule has 2 aromatic heterocycles. The Bertz CT molecular complexity index is 574. The number of amides is 1. The van der Waals surface area contributed by atoms with Crippen LogP contribution in [0.1, 0.15) is 10.4 Å². The quantitative estimate of drug-likeness (QED) is 0.898. The Balaban J connectivity index is 2.34. The highest BCUT2D eigenvalue weighted by molar-refractivity contribution is 6.34. The van der Waals surface area contributed by atoms with Crippen molar-refractivity contribution in [1.82, 2.24) is 9.97 Å². The third-order valence-corrected chi connectivity index (χ3v) is 2.75. The van der Waals surface area contributed by atoms with E-state index >= 15 is 0 Å². The molecule has 2 heterocycles. The zero-order valence-electron chi connectivity index (χ0n) is 9.67. The minimum atomic E-state index is -0.262. The van der Waals surface area contributed by atoms with Crippen molar-refractivity contribution in [3.8, 4) is 0 Å². The highest BCUT2D eigenvalue weighted by atomic mass is 35.5. The molecule has 0 spiro atoms. The Labute approximate surface area is 109 Å². The van der Waals surface area contributed by atoms with Crippen LogP contribution in [0.25, 0.3) is 0 Å². The monoisotopic (exact) mass is 262 g/mol. The summed E-state index contributed by atoms with van der Waals surface area (Å²) in [5, 5.41) is 0.268. The molecule has 0 unspecified atom stereocenters. The van der Waals surface area contributed by atoms with Gasteiger partial charge < -0.3 is 10.6 Å². The van der Waals surface area contributed by atoms with Gasteiger partial charge in [0.15, 0.2) is 0 Å². The van der Waals surface area contributed by atoms with Crippen LogP contribution in [0.2, 0.25) is 5.02 Å². The van der Waals surface area contributed by atoms with Gasteiger partial charge in [-0.25, -0.2) is 4.98 Å². The fourth-order valence-electron chi connectivity index (χ4n) is 1.47. The maximum atomic E-state index is 12.2. The molecule has 0 atom stereocenters. The van der Waals surface area contributed by atoms with Crippen LogP contribution in [0.4, 0.5) is 11.5 Å². The first-order chi connectivity index (χ1) is 8.59. The number of halogens is 1. The number of anilines is 2. The van der Waals surface area contributed by atoms with Crippen molar-refractivity contribution in [3.63, 3.8) is 0 Å². The summed E-state index contributed by atoms with van der Waals surface area (Å²) in [7, 11) is 1.65. The molecule has 18 heavy (non-hydrogen) atoms. The van der Waals surface area contributed by atoms with Gasteiger partial charge in [-0.05, 0) is 18.2 Å². The van der Waals surface area contributed by atoms with E-state index in [2.05, 4.69) is 9.97 Å². The molecule has 0 radical (unpaired) electrons. The molecule has 0 fully saturated rings. The minimum absolute atomic E-state index is 0.252. The van der Waals surface area contributed by atoms with Gasteiger partial charge in [0.1, 0.15) is 5.82 Å². The second-order valence-electron chi connectivity index (χ2n) is 3.66. The van der Waals surface area contributed by atoms with Crippen molar-refractivity contribution < 1.29 is 4.79 Å². The molecule has 0 aliphatic rings. The van der Waals surface area contributed by atoms with Gasteiger partial charge in [-0.15, -0.1) is 0 Å². The predicted molar refractivity (Wildman–Crippen MR) is 70.6 cm³/mol. The van der Waals surface area contributed by atoms with Crippen LogP contribution in [-0.2, 0) is 0 Å². The normalized spacial score (nSPS) is 10.1. The van der Waals surface area contributed by atoms with Gasteiger partial charge >= 0.3 is 0 Å². The van der Waals surface area contributed by atoms with Gasteiger partial charge in [0, 0.05) is 19.4 Å². The summed E-state index contributed by atoms with van der Waals surface area (Å²) in [5.74, 6) is -0.00978. The third kappa shape index (κ3) is 2.41. The fraction of sp³-hybridized carbons (Fsp3) is 0.0833. The molecular formula is C12H11ClN4O. The lowest BCUT2D eigenvalue weighted by molar-refractivity contribution is 0.0993. The van der Waals surface area contributed by atoms with Gasteiger partial charge in [0.2, 0.25) is 0 Å². The Morgan fingerprint density at radius 2 is 2.22 bits per heavy atom. The zero-order valence-corrected chi connectivity index (χ0v) is 10.4. The minimum Gasteiger partial charge on any atom is -0.384 e. The number of nitrogen functional groups attached to an aromatic ring is 1. The van der Waals surface area contributed by atoms with Gasteiger partial charge in [-0.1, -0.05) is 11.6 Å². The summed E-state index contributed by atoms with van der Waals surface area (Å²) < 4.78 is 0. The molecule has 1 amide bonds. The summed E-state index contributed by atoms with van der Waals surface area (Å²) in [4.78, 5) is 21.5. The Hall–Kier alpha value is -2.14. The molecule has 2 N–H and O–H groups in total. The third-order valence-electron chi connectivity index (χ3n) is 2.44. The Morgan fingerprint density at radius 3 is 2.89 bits per heavy atom. The van der Waals surface area contributed by atoms with Crippen LogP contribution in [0, 0.1) is 0 Å². The summed E-state index contributed by atoms with van der Waals surface area (Å²) in [6.07, 6.45) is 4.59. The van der Waals surface area contributed by atoms with Gasteiger partial charge in [0.25, 0.3) is 5.91 Å². The van der Waals surface area contributed by atoms with E-state index in [1.54, 1.807) is 31.6 Å². The van der Waals surface area contributed by atoms with Crippen molar-refractivity contribution >= 4 is 29.0 Å². The molecule has 5 nitrogen and oxygen atoms in total. The van der Waals surface area contributed by atoms with Crippen LogP contribution in [-0.4, -0.2) is 22.9 Å². The average molecular weight is 263 g/mol. The number of hydrogen-bond acceptors (Lipinski definition) is 4. The van der Waals surface area contributed by atoms with Crippen molar-refractivity contribution in [2.75, 3.05) is 17.7 Å². The summed E-state index contributed by atoms with van der Waals surface area (Å²) >= 11 is 5.94. The van der Waals surface area contributed by atoms with Crippen LogP contribution in [0.15, 0.2) is 36.8 Å². The lowest BCUT2D eigenvalue weighted by atomic mass is 10.2. The van der Waals surface area contributed by atoms with Crippen LogP contribution in [0.3, 0.4) is 0 Å². The highest BCUT2D eigenvalue weighted by Crippen LogP contribution is 2.20. The first-order valence-electron chi connectivity index (χ1n) is 5.18. The predicted octanol–water partition coefficient (Wildman–Crippen LogP) is 1.99. The Morgan fingerprint density at radius 1 is 1.44 bits per heavy atom. The topological polar surface area (TPSA) is 72.1 Å². The molecule has 92 valence electrons. The summed E-state index contributed by atoms with van der Waals surface area (Å²) in [6, 6.07) is 4.99. The first kappa shape index (κ1) is 12.3. The number of carbonyl (C=O) groups excluding carboxylic acids is 1. The van der Waals surface area contributed by atoms with Crippen LogP contribution >= 0.6 is 11.6 Å². The molecule has 0 saturated heterocycles. The van der Waals surface area contributed by atoms with Crippen LogP contribution < -0.4 is 10.6 Å². The van der Waals surface area contributed by atoms with Gasteiger partial charge in [-0.3, -0.25) is 9.78 Å². The molecule has 0 bridgehead atoms. The molecular weight excluding hydrogens is 252 g/mol. The van der Waals surface area contributed by atoms with Crippen molar-refractivity contribution in [2.24, 2.45) is 0 Å². The van der Waals surface area contributed by atoms with E-state index in [0.29, 0.717) is 11.3 Å². The second kappa shape index (κ2) is 5.01. The summed E-state index contributed by atoms with van der Waals surface area (Å²) in [5.41, 5.74) is 6.54. The van der Waals surface area contributed by atoms with Crippen molar-refractivity contribution in [2.45, 2.75) is 0 Å². The van der Waals surface area contributed by atoms with Crippen molar-refractivity contribution in [3.05, 3.63) is 47.4 Å². The van der Waals surface area contributed by atoms with E-state index in [1.807, 2.05) is 0 Å². The molecule has 0 aliphatic heterocycles. The van der Waals surface area contributed by atoms with E-state index in [0.717, 1.165) is 0 Å². The van der Waals surface area contributed by atoms with E-state index in [9.17, 15) is 4.79 Å². The van der Waals surface area contributed by atoms with E-state index in [1.165, 1.54) is 17.2 Å². The smallest absolute Gasteiger partial charge is 0.259 e. The van der Waals surface area contributed by atoms with Gasteiger partial charge in [-0.2, -0.15) is 0 Å². The molecule has 0 aromatic carbocycles. The number of aromatic nitrogens is 2. The summed E-state index contributed by atoms with van der Waals surface area (Å²) in [6.45, 7) is 0. The van der Waals surface area contributed by atoms with E-state index < -0.39 is 0 Å².